The van der Waals surface area contributed by atoms with E-state index in [2.05, 4.69) is 31.2 Å². The van der Waals surface area contributed by atoms with Crippen LogP contribution in [0.15, 0.2) is 42.5 Å². The van der Waals surface area contributed by atoms with Crippen LogP contribution in [-0.4, -0.2) is 30.2 Å². The number of carbonyl (C=O) groups is 4. The van der Waals surface area contributed by atoms with Crippen molar-refractivity contribution in [2.75, 3.05) is 7.11 Å². The van der Waals surface area contributed by atoms with Gasteiger partial charge in [0.2, 0.25) is 11.6 Å². The second-order valence-corrected chi connectivity index (χ2v) is 10.9. The Morgan fingerprint density at radius 3 is 2.19 bits per heavy atom. The summed E-state index contributed by atoms with van der Waals surface area (Å²) in [7, 11) is 1.51. The molecule has 0 bridgehead atoms. The minimum atomic E-state index is -0.635. The second kappa shape index (κ2) is 11.0. The third kappa shape index (κ3) is 5.51. The zero-order valence-electron chi connectivity index (χ0n) is 22.4. The Morgan fingerprint density at radius 1 is 0.973 bits per heavy atom. The summed E-state index contributed by atoms with van der Waals surface area (Å²) in [4.78, 5) is 51.6. The Hall–Kier alpha value is -3.34. The molecule has 0 N–H and O–H groups in total. The number of ketones is 4. The summed E-state index contributed by atoms with van der Waals surface area (Å²) in [5.74, 6) is -1.49. The van der Waals surface area contributed by atoms with Crippen molar-refractivity contribution >= 4 is 28.7 Å². The molecule has 2 aromatic carbocycles. The fraction of sp³-hybridized carbons (Fsp3) is 0.438. The van der Waals surface area contributed by atoms with Gasteiger partial charge in [0.05, 0.1) is 18.6 Å². The normalized spacial score (nSPS) is 20.8. The van der Waals surface area contributed by atoms with E-state index in [4.69, 9.17) is 4.74 Å². The lowest BCUT2D eigenvalue weighted by Gasteiger charge is -2.28. The number of allylic oxidation sites excluding steroid dienone is 2. The molecular weight excluding hydrogens is 464 g/mol. The van der Waals surface area contributed by atoms with Crippen LogP contribution >= 0.6 is 0 Å². The third-order valence-corrected chi connectivity index (χ3v) is 7.89. The molecule has 2 aromatic rings. The predicted molar refractivity (Wildman–Crippen MR) is 144 cm³/mol. The van der Waals surface area contributed by atoms with Crippen LogP contribution in [0.2, 0.25) is 0 Å². The van der Waals surface area contributed by atoms with E-state index in [0.717, 1.165) is 32.1 Å². The Bertz CT molecular complexity index is 1260. The Kier molecular flexibility index (Phi) is 7.91. The number of aryl methyl sites for hydroxylation is 1. The number of fused-ring (bicyclic) bond motifs is 1. The number of hydrogen-bond acceptors (Lipinski definition) is 5. The molecule has 1 saturated carbocycles. The zero-order chi connectivity index (χ0) is 26.9. The maximum absolute atomic E-state index is 13.7. The molecule has 0 heterocycles. The highest BCUT2D eigenvalue weighted by Gasteiger charge is 2.36. The van der Waals surface area contributed by atoms with Gasteiger partial charge < -0.3 is 4.74 Å². The van der Waals surface area contributed by atoms with Crippen LogP contribution < -0.4 is 4.74 Å². The number of hydrogen-bond donors (Lipinski definition) is 0. The lowest BCUT2D eigenvalue weighted by atomic mass is 9.76. The third-order valence-electron chi connectivity index (χ3n) is 7.89. The summed E-state index contributed by atoms with van der Waals surface area (Å²) in [6.45, 7) is 6.91. The monoisotopic (exact) mass is 500 g/mol. The van der Waals surface area contributed by atoms with Crippen LogP contribution in [0.25, 0.3) is 5.57 Å². The molecule has 0 aliphatic heterocycles. The van der Waals surface area contributed by atoms with E-state index in [9.17, 15) is 19.2 Å². The highest BCUT2D eigenvalue weighted by Crippen LogP contribution is 2.42. The van der Waals surface area contributed by atoms with Crippen molar-refractivity contribution in [3.05, 3.63) is 70.3 Å². The lowest BCUT2D eigenvalue weighted by Crippen LogP contribution is -2.24. The van der Waals surface area contributed by atoms with Crippen molar-refractivity contribution in [2.24, 2.45) is 17.8 Å². The quantitative estimate of drug-likeness (QED) is 0.307. The number of benzene rings is 2. The van der Waals surface area contributed by atoms with Gasteiger partial charge in [0.15, 0.2) is 5.78 Å². The summed E-state index contributed by atoms with van der Waals surface area (Å²) < 4.78 is 5.59. The zero-order valence-corrected chi connectivity index (χ0v) is 22.4. The van der Waals surface area contributed by atoms with E-state index in [-0.39, 0.29) is 23.1 Å². The van der Waals surface area contributed by atoms with Gasteiger partial charge in [-0.1, -0.05) is 49.8 Å². The minimum Gasteiger partial charge on any atom is -0.496 e. The number of ether oxygens (including phenoxy) is 1. The van der Waals surface area contributed by atoms with Crippen LogP contribution in [0.3, 0.4) is 0 Å². The van der Waals surface area contributed by atoms with Crippen LogP contribution in [0, 0.1) is 24.7 Å². The van der Waals surface area contributed by atoms with E-state index in [0.29, 0.717) is 28.4 Å². The van der Waals surface area contributed by atoms with Crippen LogP contribution in [0.1, 0.15) is 85.0 Å². The van der Waals surface area contributed by atoms with Gasteiger partial charge in [-0.05, 0) is 80.7 Å². The van der Waals surface area contributed by atoms with Gasteiger partial charge in [-0.25, -0.2) is 0 Å². The number of Topliss-reactive ketones (excluding diaryl/α,β-unsaturated/α-hetero) is 4. The van der Waals surface area contributed by atoms with E-state index in [1.807, 2.05) is 0 Å². The van der Waals surface area contributed by atoms with Crippen molar-refractivity contribution in [1.82, 2.24) is 0 Å². The topological polar surface area (TPSA) is 77.5 Å². The molecule has 4 rings (SSSR count). The fourth-order valence-corrected chi connectivity index (χ4v) is 5.63. The molecule has 1 atom stereocenters. The van der Waals surface area contributed by atoms with Crippen LogP contribution in [0.5, 0.6) is 5.75 Å². The summed E-state index contributed by atoms with van der Waals surface area (Å²) >= 11 is 0. The van der Waals surface area contributed by atoms with E-state index < -0.39 is 23.4 Å². The highest BCUT2D eigenvalue weighted by molar-refractivity contribution is 6.55. The van der Waals surface area contributed by atoms with E-state index >= 15 is 0 Å². The van der Waals surface area contributed by atoms with Gasteiger partial charge in [-0.15, -0.1) is 0 Å². The summed E-state index contributed by atoms with van der Waals surface area (Å²) in [6, 6.07) is 12.0. The molecule has 0 aromatic heterocycles. The van der Waals surface area contributed by atoms with Gasteiger partial charge in [-0.2, -0.15) is 0 Å². The second-order valence-electron chi connectivity index (χ2n) is 10.9. The molecular formula is C32H36O5. The molecule has 0 radical (unpaired) electrons. The molecule has 2 aliphatic rings. The fourth-order valence-electron chi connectivity index (χ4n) is 5.63. The van der Waals surface area contributed by atoms with E-state index in [1.54, 1.807) is 32.1 Å². The molecule has 37 heavy (non-hydrogen) atoms. The van der Waals surface area contributed by atoms with Crippen molar-refractivity contribution in [3.8, 4) is 5.75 Å². The first-order valence-electron chi connectivity index (χ1n) is 13.2. The average molecular weight is 501 g/mol. The van der Waals surface area contributed by atoms with Crippen molar-refractivity contribution in [3.63, 3.8) is 0 Å². The first kappa shape index (κ1) is 26.7. The molecule has 5 heteroatoms. The van der Waals surface area contributed by atoms with Crippen molar-refractivity contribution < 1.29 is 23.9 Å². The first-order valence-corrected chi connectivity index (χ1v) is 13.2. The maximum atomic E-state index is 13.7. The molecule has 0 amide bonds. The molecule has 1 fully saturated rings. The van der Waals surface area contributed by atoms with E-state index in [1.165, 1.54) is 25.2 Å². The predicted octanol–water partition coefficient (Wildman–Crippen LogP) is 6.10. The van der Waals surface area contributed by atoms with Gasteiger partial charge in [0.1, 0.15) is 11.5 Å². The van der Waals surface area contributed by atoms with Gasteiger partial charge in [0, 0.05) is 17.4 Å². The molecule has 0 saturated heterocycles. The lowest BCUT2D eigenvalue weighted by molar-refractivity contribution is -0.135. The van der Waals surface area contributed by atoms with Crippen LogP contribution in [0.4, 0.5) is 0 Å². The Balaban J connectivity index is 1.57. The van der Waals surface area contributed by atoms with Crippen molar-refractivity contribution in [2.45, 2.75) is 65.7 Å². The Labute approximate surface area is 219 Å². The molecule has 0 spiro atoms. The highest BCUT2D eigenvalue weighted by atomic mass is 16.5. The minimum absolute atomic E-state index is 0.00157. The largest absolute Gasteiger partial charge is 0.496 e. The Morgan fingerprint density at radius 2 is 1.62 bits per heavy atom. The molecule has 194 valence electrons. The van der Waals surface area contributed by atoms with Gasteiger partial charge >= 0.3 is 0 Å². The number of methoxy groups -OCH3 is 1. The maximum Gasteiger partial charge on any atom is 0.229 e. The standard InChI is InChI=1S/C32H36O5/c1-18(2)30(34)32(36)27-15-24(20(4)33)26-17-29(37-5)28(16-25(26)27)31(35)23-12-10-22(11-13-23)14-21-8-6-19(3)7-9-21/h6-9,15-18,22-24H,10-14H2,1-5H3. The molecule has 1 unspecified atom stereocenters. The average Bonchev–Trinajstić information content (AvgIpc) is 3.27. The van der Waals surface area contributed by atoms with Gasteiger partial charge in [-0.3, -0.25) is 19.2 Å². The summed E-state index contributed by atoms with van der Waals surface area (Å²) in [5, 5.41) is 0. The SMILES string of the molecule is COc1cc2c(cc1C(=O)C1CCC(Cc3ccc(C)cc3)CC1)C(C(=O)C(=O)C(C)C)=CC2C(C)=O. The van der Waals surface area contributed by atoms with Gasteiger partial charge in [0.25, 0.3) is 0 Å². The smallest absolute Gasteiger partial charge is 0.229 e. The van der Waals surface area contributed by atoms with Crippen LogP contribution in [-0.2, 0) is 20.8 Å². The first-order chi connectivity index (χ1) is 17.6. The van der Waals surface area contributed by atoms with Crippen molar-refractivity contribution in [1.29, 1.82) is 0 Å². The molecule has 5 nitrogen and oxygen atoms in total. The summed E-state index contributed by atoms with van der Waals surface area (Å²) in [5.41, 5.74) is 4.33. The number of carbonyl (C=O) groups excluding carboxylic acids is 4. The number of rotatable bonds is 9. The summed E-state index contributed by atoms with van der Waals surface area (Å²) in [6.07, 6.45) is 6.17. The molecule has 2 aliphatic carbocycles.